The molecule has 1 aliphatic rings. The molecule has 0 aliphatic carbocycles. The van der Waals surface area contributed by atoms with Crippen LogP contribution in [0.15, 0.2) is 42.5 Å². The van der Waals surface area contributed by atoms with E-state index in [1.165, 1.54) is 12.1 Å². The van der Waals surface area contributed by atoms with E-state index >= 15 is 0 Å². The molecule has 112 valence electrons. The predicted molar refractivity (Wildman–Crippen MR) is 84.7 cm³/mol. The summed E-state index contributed by atoms with van der Waals surface area (Å²) in [6.45, 7) is 0.451. The number of fused-ring (bicyclic) bond motifs is 1. The summed E-state index contributed by atoms with van der Waals surface area (Å²) >= 11 is 5.74. The summed E-state index contributed by atoms with van der Waals surface area (Å²) in [4.78, 5) is 23.1. The lowest BCUT2D eigenvalue weighted by Gasteiger charge is -2.09. The lowest BCUT2D eigenvalue weighted by Crippen LogP contribution is -2.15. The van der Waals surface area contributed by atoms with Gasteiger partial charge in [-0.2, -0.15) is 0 Å². The number of anilines is 1. The van der Waals surface area contributed by atoms with E-state index in [0.29, 0.717) is 23.6 Å². The lowest BCUT2D eigenvalue weighted by molar-refractivity contribution is -0.384. The molecule has 2 aromatic carbocycles. The van der Waals surface area contributed by atoms with Crippen LogP contribution >= 0.6 is 11.6 Å². The largest absolute Gasteiger partial charge is 0.384 e. The van der Waals surface area contributed by atoms with Crippen molar-refractivity contribution in [3.8, 4) is 0 Å². The van der Waals surface area contributed by atoms with Gasteiger partial charge in [0.15, 0.2) is 5.78 Å². The highest BCUT2D eigenvalue weighted by atomic mass is 35.5. The van der Waals surface area contributed by atoms with E-state index in [2.05, 4.69) is 5.32 Å². The fourth-order valence-electron chi connectivity index (χ4n) is 2.63. The van der Waals surface area contributed by atoms with E-state index in [-0.39, 0.29) is 11.5 Å². The van der Waals surface area contributed by atoms with Crippen molar-refractivity contribution in [1.82, 2.24) is 0 Å². The summed E-state index contributed by atoms with van der Waals surface area (Å²) < 4.78 is 0. The minimum absolute atomic E-state index is 0.00209. The number of Topliss-reactive ketones (excluding diaryl/α,β-unsaturated/α-hetero) is 1. The average molecular weight is 317 g/mol. The van der Waals surface area contributed by atoms with Gasteiger partial charge < -0.3 is 5.32 Å². The molecular weight excluding hydrogens is 304 g/mol. The summed E-state index contributed by atoms with van der Waals surface area (Å²) in [6.07, 6.45) is 0. The Balaban J connectivity index is 1.92. The molecule has 0 fully saturated rings. The van der Waals surface area contributed by atoms with Gasteiger partial charge in [0.05, 0.1) is 10.8 Å². The number of carbonyl (C=O) groups is 1. The number of nitro benzene ring substituents is 1. The van der Waals surface area contributed by atoms with Crippen LogP contribution in [0.5, 0.6) is 0 Å². The molecule has 0 bridgehead atoms. The number of alkyl halides is 1. The molecule has 0 aromatic heterocycles. The number of carbonyl (C=O) groups excluding carboxylic acids is 1. The number of hydrogen-bond donors (Lipinski definition) is 1. The van der Waals surface area contributed by atoms with Gasteiger partial charge in [-0.15, -0.1) is 11.6 Å². The Bertz CT molecular complexity index is 744. The summed E-state index contributed by atoms with van der Waals surface area (Å²) in [5, 5.41) is 14.0. The van der Waals surface area contributed by atoms with Crippen LogP contribution < -0.4 is 5.32 Å². The smallest absolute Gasteiger partial charge is 0.269 e. The normalized spacial score (nSPS) is 16.0. The third kappa shape index (κ3) is 2.55. The first-order valence-electron chi connectivity index (χ1n) is 6.81. The predicted octanol–water partition coefficient (Wildman–Crippen LogP) is 3.73. The quantitative estimate of drug-likeness (QED) is 0.404. The van der Waals surface area contributed by atoms with Gasteiger partial charge in [0, 0.05) is 35.8 Å². The Morgan fingerprint density at radius 2 is 2.00 bits per heavy atom. The standard InChI is InChI=1S/C16H13ClN2O3/c17-8-10-1-3-11(4-2-10)16(20)14-9-18-15-6-5-12(19(21)22)7-13(14)15/h1-7,14,18H,8-9H2. The van der Waals surface area contributed by atoms with Crippen LogP contribution in [-0.4, -0.2) is 17.3 Å². The minimum atomic E-state index is -0.449. The zero-order valence-electron chi connectivity index (χ0n) is 11.6. The molecular formula is C16H13ClN2O3. The van der Waals surface area contributed by atoms with E-state index in [4.69, 9.17) is 11.6 Å². The zero-order chi connectivity index (χ0) is 15.7. The zero-order valence-corrected chi connectivity index (χ0v) is 12.3. The third-order valence-electron chi connectivity index (χ3n) is 3.83. The molecule has 3 rings (SSSR count). The van der Waals surface area contributed by atoms with Crippen LogP contribution in [0.3, 0.4) is 0 Å². The second kappa shape index (κ2) is 5.77. The molecule has 0 saturated carbocycles. The molecule has 2 aromatic rings. The van der Waals surface area contributed by atoms with E-state index in [9.17, 15) is 14.9 Å². The third-order valence-corrected chi connectivity index (χ3v) is 4.14. The lowest BCUT2D eigenvalue weighted by atomic mass is 9.92. The van der Waals surface area contributed by atoms with Gasteiger partial charge in [-0.3, -0.25) is 14.9 Å². The van der Waals surface area contributed by atoms with Crippen molar-refractivity contribution in [3.05, 3.63) is 69.3 Å². The highest BCUT2D eigenvalue weighted by Gasteiger charge is 2.30. The summed E-state index contributed by atoms with van der Waals surface area (Å²) in [7, 11) is 0. The highest BCUT2D eigenvalue weighted by Crippen LogP contribution is 2.36. The maximum absolute atomic E-state index is 12.6. The number of halogens is 1. The monoisotopic (exact) mass is 316 g/mol. The molecule has 22 heavy (non-hydrogen) atoms. The number of nitro groups is 1. The molecule has 1 unspecified atom stereocenters. The minimum Gasteiger partial charge on any atom is -0.384 e. The van der Waals surface area contributed by atoms with Gasteiger partial charge in [0.25, 0.3) is 5.69 Å². The maximum Gasteiger partial charge on any atom is 0.269 e. The van der Waals surface area contributed by atoms with Crippen molar-refractivity contribution in [1.29, 1.82) is 0 Å². The second-order valence-electron chi connectivity index (χ2n) is 5.16. The van der Waals surface area contributed by atoms with Crippen molar-refractivity contribution in [3.63, 3.8) is 0 Å². The summed E-state index contributed by atoms with van der Waals surface area (Å²) in [5.74, 6) is -0.0567. The van der Waals surface area contributed by atoms with Crippen molar-refractivity contribution in [2.45, 2.75) is 11.8 Å². The molecule has 1 atom stereocenters. The molecule has 1 aliphatic heterocycles. The van der Waals surface area contributed by atoms with Crippen LogP contribution in [0, 0.1) is 10.1 Å². The number of nitrogens with one attached hydrogen (secondary N) is 1. The van der Waals surface area contributed by atoms with Gasteiger partial charge in [-0.1, -0.05) is 24.3 Å². The van der Waals surface area contributed by atoms with Crippen molar-refractivity contribution in [2.24, 2.45) is 0 Å². The molecule has 0 amide bonds. The second-order valence-corrected chi connectivity index (χ2v) is 5.42. The van der Waals surface area contributed by atoms with Gasteiger partial charge in [-0.05, 0) is 17.2 Å². The van der Waals surface area contributed by atoms with E-state index in [0.717, 1.165) is 11.3 Å². The van der Waals surface area contributed by atoms with Gasteiger partial charge in [-0.25, -0.2) is 0 Å². The van der Waals surface area contributed by atoms with Crippen molar-refractivity contribution in [2.75, 3.05) is 11.9 Å². The first-order valence-corrected chi connectivity index (χ1v) is 7.35. The highest BCUT2D eigenvalue weighted by molar-refractivity contribution is 6.17. The van der Waals surface area contributed by atoms with E-state index in [1.807, 2.05) is 12.1 Å². The van der Waals surface area contributed by atoms with Crippen molar-refractivity contribution < 1.29 is 9.72 Å². The number of ketones is 1. The van der Waals surface area contributed by atoms with Crippen LogP contribution in [0.2, 0.25) is 0 Å². The Labute approximate surface area is 132 Å². The molecule has 1 N–H and O–H groups in total. The van der Waals surface area contributed by atoms with E-state index < -0.39 is 10.8 Å². The maximum atomic E-state index is 12.6. The fourth-order valence-corrected chi connectivity index (χ4v) is 2.81. The van der Waals surface area contributed by atoms with Crippen LogP contribution in [0.25, 0.3) is 0 Å². The molecule has 1 heterocycles. The number of benzene rings is 2. The first-order chi connectivity index (χ1) is 10.6. The van der Waals surface area contributed by atoms with Gasteiger partial charge >= 0.3 is 0 Å². The van der Waals surface area contributed by atoms with Gasteiger partial charge in [0.1, 0.15) is 0 Å². The molecule has 0 spiro atoms. The SMILES string of the molecule is O=C(c1ccc(CCl)cc1)C1CNc2ccc([N+](=O)[O-])cc21. The Kier molecular flexibility index (Phi) is 3.81. The first kappa shape index (κ1) is 14.5. The number of non-ortho nitro benzene ring substituents is 1. The van der Waals surface area contributed by atoms with Crippen LogP contribution in [0.4, 0.5) is 11.4 Å². The number of rotatable bonds is 4. The molecule has 5 nitrogen and oxygen atoms in total. The Morgan fingerprint density at radius 1 is 1.27 bits per heavy atom. The van der Waals surface area contributed by atoms with Gasteiger partial charge in [0.2, 0.25) is 0 Å². The van der Waals surface area contributed by atoms with Crippen LogP contribution in [0.1, 0.15) is 27.4 Å². The van der Waals surface area contributed by atoms with Crippen LogP contribution in [-0.2, 0) is 5.88 Å². The summed E-state index contributed by atoms with van der Waals surface area (Å²) in [5.41, 5.74) is 2.98. The molecule has 0 saturated heterocycles. The van der Waals surface area contributed by atoms with E-state index in [1.54, 1.807) is 18.2 Å². The van der Waals surface area contributed by atoms with Crippen molar-refractivity contribution >= 4 is 28.8 Å². The number of hydrogen-bond acceptors (Lipinski definition) is 4. The fraction of sp³-hybridized carbons (Fsp3) is 0.188. The molecule has 6 heteroatoms. The topological polar surface area (TPSA) is 72.2 Å². The Morgan fingerprint density at radius 3 is 2.64 bits per heavy atom. The Hall–Kier alpha value is -2.40. The average Bonchev–Trinajstić information content (AvgIpc) is 2.97. The number of nitrogens with zero attached hydrogens (tertiary/aromatic N) is 1. The molecule has 0 radical (unpaired) electrons. The summed E-state index contributed by atoms with van der Waals surface area (Å²) in [6, 6.07) is 11.7.